The minimum atomic E-state index is -1.19. The number of hydrogen-bond acceptors (Lipinski definition) is 4. The first-order chi connectivity index (χ1) is 6.97. The van der Waals surface area contributed by atoms with Gasteiger partial charge in [0.05, 0.1) is 6.42 Å². The summed E-state index contributed by atoms with van der Waals surface area (Å²) >= 11 is 0. The molecule has 0 aromatic carbocycles. The smallest absolute Gasteiger partial charge is 0.323 e. The van der Waals surface area contributed by atoms with Gasteiger partial charge in [0.15, 0.2) is 0 Å². The van der Waals surface area contributed by atoms with Crippen LogP contribution in [-0.4, -0.2) is 59.8 Å². The van der Waals surface area contributed by atoms with Gasteiger partial charge in [0.2, 0.25) is 5.91 Å². The Kier molecular flexibility index (Phi) is 6.03. The fourth-order valence-corrected chi connectivity index (χ4v) is 0.901. The van der Waals surface area contributed by atoms with Crippen LogP contribution in [0.2, 0.25) is 0 Å². The van der Waals surface area contributed by atoms with Crippen molar-refractivity contribution in [1.82, 2.24) is 4.90 Å². The molecule has 0 unspecified atom stereocenters. The predicted molar refractivity (Wildman–Crippen MR) is 48.3 cm³/mol. The Labute approximate surface area is 86.2 Å². The second-order valence-electron chi connectivity index (χ2n) is 2.79. The van der Waals surface area contributed by atoms with Gasteiger partial charge in [-0.1, -0.05) is 0 Å². The van der Waals surface area contributed by atoms with E-state index in [1.54, 1.807) is 0 Å². The lowest BCUT2D eigenvalue weighted by Crippen LogP contribution is -2.39. The monoisotopic (exact) mass is 219 g/mol. The van der Waals surface area contributed by atoms with E-state index in [2.05, 4.69) is 4.74 Å². The number of carboxylic acid groups (broad SMARTS) is 2. The Morgan fingerprint density at radius 2 is 1.80 bits per heavy atom. The zero-order valence-electron chi connectivity index (χ0n) is 8.30. The lowest BCUT2D eigenvalue weighted by atomic mass is 10.3. The van der Waals surface area contributed by atoms with Crippen LogP contribution in [0.5, 0.6) is 0 Å². The molecule has 0 aromatic rings. The van der Waals surface area contributed by atoms with Crippen molar-refractivity contribution in [3.05, 3.63) is 0 Å². The van der Waals surface area contributed by atoms with Crippen LogP contribution in [0.1, 0.15) is 6.42 Å². The number of carbonyl (C=O) groups is 3. The summed E-state index contributed by atoms with van der Waals surface area (Å²) in [7, 11) is 1.30. The van der Waals surface area contributed by atoms with Gasteiger partial charge in [-0.05, 0) is 0 Å². The van der Waals surface area contributed by atoms with Gasteiger partial charge < -0.3 is 19.8 Å². The van der Waals surface area contributed by atoms with E-state index in [0.717, 1.165) is 4.90 Å². The molecular weight excluding hydrogens is 206 g/mol. The number of aliphatic carboxylic acids is 2. The number of carbonyl (C=O) groups excluding carboxylic acids is 1. The maximum Gasteiger partial charge on any atom is 0.323 e. The zero-order valence-corrected chi connectivity index (χ0v) is 8.30. The van der Waals surface area contributed by atoms with Gasteiger partial charge in [0, 0.05) is 13.7 Å². The van der Waals surface area contributed by atoms with E-state index in [-0.39, 0.29) is 19.6 Å². The van der Waals surface area contributed by atoms with Crippen molar-refractivity contribution >= 4 is 17.8 Å². The molecular formula is C8H13NO6. The first-order valence-corrected chi connectivity index (χ1v) is 4.17. The van der Waals surface area contributed by atoms with Gasteiger partial charge >= 0.3 is 11.9 Å². The van der Waals surface area contributed by atoms with Crippen molar-refractivity contribution in [1.29, 1.82) is 0 Å². The molecule has 0 spiro atoms. The fraction of sp³-hybridized carbons (Fsp3) is 0.625. The highest BCUT2D eigenvalue weighted by Crippen LogP contribution is 1.94. The normalized spacial score (nSPS) is 9.67. The van der Waals surface area contributed by atoms with Gasteiger partial charge in [-0.3, -0.25) is 14.4 Å². The molecule has 0 aliphatic rings. The maximum atomic E-state index is 11.2. The summed E-state index contributed by atoms with van der Waals surface area (Å²) in [5, 5.41) is 16.9. The van der Waals surface area contributed by atoms with Gasteiger partial charge in [0.1, 0.15) is 13.2 Å². The number of carboxylic acids is 2. The summed E-state index contributed by atoms with van der Waals surface area (Å²) in [6.45, 7) is -0.911. The summed E-state index contributed by atoms with van der Waals surface area (Å²) in [5.41, 5.74) is 0. The van der Waals surface area contributed by atoms with Gasteiger partial charge in [0.25, 0.3) is 0 Å². The molecule has 0 fully saturated rings. The Hall–Kier alpha value is -1.63. The maximum absolute atomic E-state index is 11.2. The minimum Gasteiger partial charge on any atom is -0.481 e. The highest BCUT2D eigenvalue weighted by Gasteiger charge is 2.17. The first kappa shape index (κ1) is 13.4. The van der Waals surface area contributed by atoms with Gasteiger partial charge in [-0.25, -0.2) is 0 Å². The second kappa shape index (κ2) is 6.77. The third-order valence-electron chi connectivity index (χ3n) is 1.54. The largest absolute Gasteiger partial charge is 0.481 e. The van der Waals surface area contributed by atoms with Crippen molar-refractivity contribution < 1.29 is 29.3 Å². The Morgan fingerprint density at radius 3 is 2.20 bits per heavy atom. The number of amides is 1. The first-order valence-electron chi connectivity index (χ1n) is 4.17. The second-order valence-corrected chi connectivity index (χ2v) is 2.79. The lowest BCUT2D eigenvalue weighted by Gasteiger charge is -2.19. The van der Waals surface area contributed by atoms with Crippen molar-refractivity contribution in [2.24, 2.45) is 0 Å². The van der Waals surface area contributed by atoms with Crippen molar-refractivity contribution in [2.45, 2.75) is 6.42 Å². The molecule has 0 heterocycles. The highest BCUT2D eigenvalue weighted by molar-refractivity contribution is 5.82. The van der Waals surface area contributed by atoms with Crippen LogP contribution in [0.15, 0.2) is 0 Å². The van der Waals surface area contributed by atoms with E-state index in [4.69, 9.17) is 10.2 Å². The van der Waals surface area contributed by atoms with Crippen LogP contribution in [-0.2, 0) is 19.1 Å². The molecule has 15 heavy (non-hydrogen) atoms. The summed E-state index contributed by atoms with van der Waals surface area (Å²) in [4.78, 5) is 32.8. The molecule has 0 bridgehead atoms. The summed E-state index contributed by atoms with van der Waals surface area (Å²) in [6.07, 6.45) is -0.289. The van der Waals surface area contributed by atoms with Crippen LogP contribution in [0.4, 0.5) is 0 Å². The molecule has 0 aromatic heterocycles. The summed E-state index contributed by atoms with van der Waals surface area (Å²) in [5.74, 6) is -2.82. The van der Waals surface area contributed by atoms with E-state index in [0.29, 0.717) is 0 Å². The van der Waals surface area contributed by atoms with Gasteiger partial charge in [-0.15, -0.1) is 0 Å². The number of hydrogen-bond donors (Lipinski definition) is 2. The molecule has 0 aliphatic carbocycles. The van der Waals surface area contributed by atoms with Crippen LogP contribution in [0, 0.1) is 0 Å². The zero-order chi connectivity index (χ0) is 11.8. The molecule has 0 saturated heterocycles. The van der Waals surface area contributed by atoms with Crippen LogP contribution < -0.4 is 0 Å². The molecule has 1 amide bonds. The van der Waals surface area contributed by atoms with E-state index in [1.165, 1.54) is 7.11 Å². The number of rotatable bonds is 7. The highest BCUT2D eigenvalue weighted by atomic mass is 16.5. The van der Waals surface area contributed by atoms with E-state index in [9.17, 15) is 14.4 Å². The molecule has 0 atom stereocenters. The molecule has 7 heteroatoms. The summed E-state index contributed by atoms with van der Waals surface area (Å²) < 4.78 is 4.54. The topological polar surface area (TPSA) is 104 Å². The lowest BCUT2D eigenvalue weighted by molar-refractivity contribution is -0.147. The quantitative estimate of drug-likeness (QED) is 0.570. The Morgan fingerprint density at radius 1 is 1.20 bits per heavy atom. The van der Waals surface area contributed by atoms with Crippen molar-refractivity contribution in [3.8, 4) is 0 Å². The number of nitrogens with zero attached hydrogens (tertiary/aromatic N) is 1. The molecule has 7 nitrogen and oxygen atoms in total. The van der Waals surface area contributed by atoms with E-state index in [1.807, 2.05) is 0 Å². The molecule has 0 radical (unpaired) electrons. The average molecular weight is 219 g/mol. The molecule has 0 saturated carbocycles. The molecule has 0 rings (SSSR count). The SMILES string of the molecule is COCC(=O)N(CCC(=O)O)CC(=O)O. The van der Waals surface area contributed by atoms with Crippen LogP contribution in [0.25, 0.3) is 0 Å². The number of ether oxygens (including phenoxy) is 1. The summed E-state index contributed by atoms with van der Waals surface area (Å²) in [6, 6.07) is 0. The average Bonchev–Trinajstić information content (AvgIpc) is 2.11. The third kappa shape index (κ3) is 6.44. The van der Waals surface area contributed by atoms with Crippen molar-refractivity contribution in [2.75, 3.05) is 26.8 Å². The minimum absolute atomic E-state index is 0.135. The van der Waals surface area contributed by atoms with Crippen molar-refractivity contribution in [3.63, 3.8) is 0 Å². The fourth-order valence-electron chi connectivity index (χ4n) is 0.901. The number of methoxy groups -OCH3 is 1. The Balaban J connectivity index is 4.23. The molecule has 2 N–H and O–H groups in total. The predicted octanol–water partition coefficient (Wildman–Crippen LogP) is -0.979. The van der Waals surface area contributed by atoms with Gasteiger partial charge in [-0.2, -0.15) is 0 Å². The molecule has 86 valence electrons. The van der Waals surface area contributed by atoms with Crippen LogP contribution in [0.3, 0.4) is 0 Å². The molecule has 0 aliphatic heterocycles. The standard InChI is InChI=1S/C8H13NO6/c1-15-5-6(10)9(4-8(13)14)3-2-7(11)12/h2-5H2,1H3,(H,11,12)(H,13,14). The van der Waals surface area contributed by atoms with Crippen LogP contribution >= 0.6 is 0 Å². The van der Waals surface area contributed by atoms with E-state index < -0.39 is 24.4 Å². The third-order valence-corrected chi connectivity index (χ3v) is 1.54. The Bertz CT molecular complexity index is 252. The van der Waals surface area contributed by atoms with E-state index >= 15 is 0 Å².